The Morgan fingerprint density at radius 3 is 2.61 bits per heavy atom. The fourth-order valence-electron chi connectivity index (χ4n) is 1.64. The molecule has 1 unspecified atom stereocenters. The minimum atomic E-state index is -1.03. The molecule has 2 N–H and O–H groups in total. The number of nitrogens with one attached hydrogen (secondary N) is 2. The molecule has 1 heterocycles. The highest BCUT2D eigenvalue weighted by Gasteiger charge is 2.21. The largest absolute Gasteiger partial charge is 0.474 e. The highest BCUT2D eigenvalue weighted by atomic mass is 32.1. The highest BCUT2D eigenvalue weighted by molar-refractivity contribution is 7.12. The summed E-state index contributed by atoms with van der Waals surface area (Å²) in [6.45, 7) is 1.42. The van der Waals surface area contributed by atoms with Gasteiger partial charge in [-0.1, -0.05) is 18.2 Å². The zero-order valence-electron chi connectivity index (χ0n) is 12.0. The van der Waals surface area contributed by atoms with Crippen LogP contribution in [0.1, 0.15) is 16.6 Å². The Morgan fingerprint density at radius 1 is 1.22 bits per heavy atom. The Balaban J connectivity index is 1.93. The van der Waals surface area contributed by atoms with Crippen molar-refractivity contribution in [2.45, 2.75) is 13.0 Å². The number of ether oxygens (including phenoxy) is 1. The lowest BCUT2D eigenvalue weighted by atomic mass is 10.3. The summed E-state index contributed by atoms with van der Waals surface area (Å²) >= 11 is 1.23. The quantitative estimate of drug-likeness (QED) is 0.640. The number of amides is 2. The van der Waals surface area contributed by atoms with E-state index in [1.54, 1.807) is 23.6 Å². The Morgan fingerprint density at radius 2 is 1.96 bits per heavy atom. The zero-order valence-corrected chi connectivity index (χ0v) is 12.8. The number of hydrogen-bond donors (Lipinski definition) is 2. The third-order valence-corrected chi connectivity index (χ3v) is 3.65. The molecule has 120 valence electrons. The molecule has 2 amide bonds. The number of carbonyl (C=O) groups is 2. The summed E-state index contributed by atoms with van der Waals surface area (Å²) in [5, 5.41) is 12.6. The molecule has 1 aromatic carbocycles. The second-order valence-corrected chi connectivity index (χ2v) is 5.35. The van der Waals surface area contributed by atoms with Crippen molar-refractivity contribution in [3.63, 3.8) is 0 Å². The van der Waals surface area contributed by atoms with Gasteiger partial charge < -0.3 is 4.74 Å². The van der Waals surface area contributed by atoms with Gasteiger partial charge in [0.2, 0.25) is 0 Å². The maximum Gasteiger partial charge on any atom is 0.310 e. The van der Waals surface area contributed by atoms with Crippen LogP contribution in [0.15, 0.2) is 41.8 Å². The van der Waals surface area contributed by atoms with Crippen molar-refractivity contribution >= 4 is 28.8 Å². The average Bonchev–Trinajstić information content (AvgIpc) is 3.07. The van der Waals surface area contributed by atoms with Crippen molar-refractivity contribution in [3.8, 4) is 5.75 Å². The van der Waals surface area contributed by atoms with Gasteiger partial charge in [0.15, 0.2) is 11.9 Å². The van der Waals surface area contributed by atoms with Crippen LogP contribution in [0.5, 0.6) is 5.75 Å². The third-order valence-electron chi connectivity index (χ3n) is 2.78. The van der Waals surface area contributed by atoms with E-state index in [9.17, 15) is 19.7 Å². The fraction of sp³-hybridized carbons (Fsp3) is 0.143. The van der Waals surface area contributed by atoms with Crippen molar-refractivity contribution in [2.75, 3.05) is 0 Å². The second kappa shape index (κ2) is 7.36. The molecular formula is C14H13N3O5S. The van der Waals surface area contributed by atoms with E-state index in [1.165, 1.54) is 36.5 Å². The number of carbonyl (C=O) groups excluding carboxylic acids is 2. The molecule has 0 aliphatic rings. The van der Waals surface area contributed by atoms with E-state index >= 15 is 0 Å². The molecule has 0 aliphatic heterocycles. The molecule has 8 nitrogen and oxygen atoms in total. The van der Waals surface area contributed by atoms with Gasteiger partial charge in [-0.3, -0.25) is 30.6 Å². The summed E-state index contributed by atoms with van der Waals surface area (Å²) in [6, 6.07) is 9.05. The highest BCUT2D eigenvalue weighted by Crippen LogP contribution is 2.26. The molecule has 0 spiro atoms. The maximum absolute atomic E-state index is 11.9. The summed E-state index contributed by atoms with van der Waals surface area (Å²) in [5.41, 5.74) is 4.22. The van der Waals surface area contributed by atoms with Crippen LogP contribution in [0.4, 0.5) is 5.69 Å². The monoisotopic (exact) mass is 335 g/mol. The van der Waals surface area contributed by atoms with Crippen molar-refractivity contribution in [1.29, 1.82) is 0 Å². The van der Waals surface area contributed by atoms with Crippen LogP contribution in [-0.4, -0.2) is 22.8 Å². The fourth-order valence-corrected chi connectivity index (χ4v) is 2.26. The minimum Gasteiger partial charge on any atom is -0.474 e. The van der Waals surface area contributed by atoms with Crippen LogP contribution in [0.3, 0.4) is 0 Å². The number of rotatable bonds is 5. The van der Waals surface area contributed by atoms with Gasteiger partial charge in [0, 0.05) is 6.07 Å². The Kier molecular flexibility index (Phi) is 5.26. The van der Waals surface area contributed by atoms with Crippen LogP contribution in [0.25, 0.3) is 0 Å². The van der Waals surface area contributed by atoms with Gasteiger partial charge in [-0.15, -0.1) is 11.3 Å². The molecule has 0 fully saturated rings. The number of thiophene rings is 1. The molecule has 0 saturated heterocycles. The molecule has 0 bridgehead atoms. The van der Waals surface area contributed by atoms with Crippen molar-refractivity contribution < 1.29 is 19.2 Å². The topological polar surface area (TPSA) is 111 Å². The molecule has 1 aromatic heterocycles. The first-order valence-corrected chi connectivity index (χ1v) is 7.41. The van der Waals surface area contributed by atoms with Crippen LogP contribution in [-0.2, 0) is 4.79 Å². The Bertz CT molecular complexity index is 717. The van der Waals surface area contributed by atoms with E-state index < -0.39 is 22.8 Å². The number of para-hydroxylation sites is 2. The number of nitro benzene ring substituents is 1. The number of nitrogens with zero attached hydrogens (tertiary/aromatic N) is 1. The predicted molar refractivity (Wildman–Crippen MR) is 83.1 cm³/mol. The zero-order chi connectivity index (χ0) is 16.8. The summed E-state index contributed by atoms with van der Waals surface area (Å²) < 4.78 is 5.29. The lowest BCUT2D eigenvalue weighted by Crippen LogP contribution is -2.47. The second-order valence-electron chi connectivity index (χ2n) is 4.41. The molecule has 2 aromatic rings. The summed E-state index contributed by atoms with van der Waals surface area (Å²) in [7, 11) is 0. The minimum absolute atomic E-state index is 0.0234. The van der Waals surface area contributed by atoms with Crippen LogP contribution in [0.2, 0.25) is 0 Å². The van der Waals surface area contributed by atoms with E-state index in [2.05, 4.69) is 10.9 Å². The average molecular weight is 335 g/mol. The summed E-state index contributed by atoms with van der Waals surface area (Å²) in [5.74, 6) is -1.11. The van der Waals surface area contributed by atoms with Gasteiger partial charge in [0.25, 0.3) is 11.8 Å². The van der Waals surface area contributed by atoms with E-state index in [-0.39, 0.29) is 11.4 Å². The van der Waals surface area contributed by atoms with Gasteiger partial charge in [-0.05, 0) is 24.4 Å². The summed E-state index contributed by atoms with van der Waals surface area (Å²) in [6.07, 6.45) is -1.03. The maximum atomic E-state index is 11.9. The molecular weight excluding hydrogens is 322 g/mol. The van der Waals surface area contributed by atoms with E-state index in [0.717, 1.165) is 0 Å². The summed E-state index contributed by atoms with van der Waals surface area (Å²) in [4.78, 5) is 34.3. The lowest BCUT2D eigenvalue weighted by molar-refractivity contribution is -0.386. The van der Waals surface area contributed by atoms with Gasteiger partial charge in [-0.25, -0.2) is 0 Å². The van der Waals surface area contributed by atoms with Crippen LogP contribution >= 0.6 is 11.3 Å². The molecule has 2 rings (SSSR count). The van der Waals surface area contributed by atoms with E-state index in [0.29, 0.717) is 4.88 Å². The third kappa shape index (κ3) is 4.27. The Hall–Kier alpha value is -2.94. The molecule has 9 heteroatoms. The number of hydrazine groups is 1. The predicted octanol–water partition coefficient (Wildman–Crippen LogP) is 1.88. The van der Waals surface area contributed by atoms with Gasteiger partial charge >= 0.3 is 5.69 Å². The molecule has 1 atom stereocenters. The van der Waals surface area contributed by atoms with Crippen molar-refractivity contribution in [1.82, 2.24) is 10.9 Å². The molecule has 0 aliphatic carbocycles. The van der Waals surface area contributed by atoms with Crippen LogP contribution < -0.4 is 15.6 Å². The smallest absolute Gasteiger partial charge is 0.310 e. The van der Waals surface area contributed by atoms with Gasteiger partial charge in [-0.2, -0.15) is 0 Å². The lowest BCUT2D eigenvalue weighted by Gasteiger charge is -2.14. The van der Waals surface area contributed by atoms with E-state index in [4.69, 9.17) is 4.74 Å². The van der Waals surface area contributed by atoms with Gasteiger partial charge in [0.1, 0.15) is 0 Å². The van der Waals surface area contributed by atoms with Crippen molar-refractivity contribution in [3.05, 3.63) is 56.8 Å². The van der Waals surface area contributed by atoms with Gasteiger partial charge in [0.05, 0.1) is 9.80 Å². The van der Waals surface area contributed by atoms with E-state index in [1.807, 2.05) is 0 Å². The normalized spacial score (nSPS) is 11.3. The molecule has 0 radical (unpaired) electrons. The SMILES string of the molecule is CC(Oc1ccccc1[N+](=O)[O-])C(=O)NNC(=O)c1cccs1. The first-order chi connectivity index (χ1) is 11.0. The number of benzene rings is 1. The van der Waals surface area contributed by atoms with Crippen molar-refractivity contribution in [2.24, 2.45) is 0 Å². The Labute approximate surface area is 135 Å². The number of nitro groups is 1. The first kappa shape index (κ1) is 16.4. The standard InChI is InChI=1S/C14H13N3O5S/c1-9(22-11-6-3-2-5-10(11)17(20)21)13(18)15-16-14(19)12-7-4-8-23-12/h2-9H,1H3,(H,15,18)(H,16,19). The number of hydrogen-bond acceptors (Lipinski definition) is 6. The molecule has 0 saturated carbocycles. The van der Waals surface area contributed by atoms with Crippen LogP contribution in [0, 0.1) is 10.1 Å². The first-order valence-electron chi connectivity index (χ1n) is 6.53. The molecule has 23 heavy (non-hydrogen) atoms.